The fourth-order valence-electron chi connectivity index (χ4n) is 1.33. The van der Waals surface area contributed by atoms with Gasteiger partial charge in [-0.15, -0.1) is 0 Å². The number of phenols is 1. The summed E-state index contributed by atoms with van der Waals surface area (Å²) in [6.07, 6.45) is 2.17. The van der Waals surface area contributed by atoms with Gasteiger partial charge in [-0.05, 0) is 30.0 Å². The number of aryl methyl sites for hydroxylation is 2. The lowest BCUT2D eigenvalue weighted by molar-refractivity contribution is -0.107. The van der Waals surface area contributed by atoms with E-state index in [1.54, 1.807) is 6.07 Å². The minimum atomic E-state index is -0.606. The number of hydrogen-bond acceptors (Lipinski definition) is 2. The van der Waals surface area contributed by atoms with Crippen LogP contribution < -0.4 is 0 Å². The highest BCUT2D eigenvalue weighted by Gasteiger charge is 2.08. The summed E-state index contributed by atoms with van der Waals surface area (Å²) in [5, 5.41) is 9.35. The van der Waals surface area contributed by atoms with Crippen LogP contribution in [-0.2, 0) is 17.6 Å². The lowest BCUT2D eigenvalue weighted by atomic mass is 10.0. The van der Waals surface area contributed by atoms with Gasteiger partial charge in [-0.1, -0.05) is 13.0 Å². The van der Waals surface area contributed by atoms with Gasteiger partial charge in [0.2, 0.25) is 0 Å². The quantitative estimate of drug-likeness (QED) is 0.750. The Balaban J connectivity index is 3.00. The maximum absolute atomic E-state index is 13.1. The minimum Gasteiger partial charge on any atom is -0.505 e. The smallest absolute Gasteiger partial charge is 0.165 e. The molecule has 2 nitrogen and oxygen atoms in total. The highest BCUT2D eigenvalue weighted by molar-refractivity contribution is 5.51. The molecular weight excluding hydrogens is 183 g/mol. The lowest BCUT2D eigenvalue weighted by Crippen LogP contribution is -1.93. The summed E-state index contributed by atoms with van der Waals surface area (Å²) in [5.74, 6) is -0.936. The Labute approximate surface area is 82.4 Å². The van der Waals surface area contributed by atoms with E-state index in [0.717, 1.165) is 11.8 Å². The summed E-state index contributed by atoms with van der Waals surface area (Å²) < 4.78 is 13.1. The number of aromatic hydroxyl groups is 1. The molecule has 0 aliphatic rings. The molecule has 0 aromatic heterocycles. The van der Waals surface area contributed by atoms with E-state index in [2.05, 4.69) is 0 Å². The maximum Gasteiger partial charge on any atom is 0.165 e. The molecule has 0 radical (unpaired) electrons. The summed E-state index contributed by atoms with van der Waals surface area (Å²) in [4.78, 5) is 10.2. The topological polar surface area (TPSA) is 37.3 Å². The van der Waals surface area contributed by atoms with E-state index in [4.69, 9.17) is 0 Å². The van der Waals surface area contributed by atoms with Crippen molar-refractivity contribution in [3.63, 3.8) is 0 Å². The summed E-state index contributed by atoms with van der Waals surface area (Å²) in [7, 11) is 0. The van der Waals surface area contributed by atoms with Crippen LogP contribution in [0.2, 0.25) is 0 Å². The average molecular weight is 196 g/mol. The third kappa shape index (κ3) is 2.31. The molecule has 1 aromatic rings. The molecule has 0 aliphatic carbocycles. The first kappa shape index (κ1) is 10.7. The van der Waals surface area contributed by atoms with Gasteiger partial charge in [0.25, 0.3) is 0 Å². The second-order valence-electron chi connectivity index (χ2n) is 3.14. The summed E-state index contributed by atoms with van der Waals surface area (Å²) in [6.45, 7) is 1.91. The van der Waals surface area contributed by atoms with Crippen LogP contribution >= 0.6 is 0 Å². The van der Waals surface area contributed by atoms with Crippen LogP contribution in [0.3, 0.4) is 0 Å². The zero-order chi connectivity index (χ0) is 10.6. The molecule has 76 valence electrons. The maximum atomic E-state index is 13.1. The third-order valence-electron chi connectivity index (χ3n) is 2.14. The largest absolute Gasteiger partial charge is 0.505 e. The molecule has 0 fully saturated rings. The normalized spacial score (nSPS) is 10.1. The van der Waals surface area contributed by atoms with Crippen molar-refractivity contribution >= 4 is 6.29 Å². The number of phenolic OH excluding ortho intramolecular Hbond substituents is 1. The number of carbonyl (C=O) groups is 1. The molecule has 14 heavy (non-hydrogen) atoms. The zero-order valence-electron chi connectivity index (χ0n) is 8.09. The van der Waals surface area contributed by atoms with Crippen molar-refractivity contribution in [2.24, 2.45) is 0 Å². The molecule has 0 aliphatic heterocycles. The molecule has 0 atom stereocenters. The zero-order valence-corrected chi connectivity index (χ0v) is 8.09. The summed E-state index contributed by atoms with van der Waals surface area (Å²) in [6, 6.07) is 3.06. The molecule has 0 spiro atoms. The van der Waals surface area contributed by atoms with Crippen LogP contribution in [0.25, 0.3) is 0 Å². The van der Waals surface area contributed by atoms with Crippen LogP contribution in [0, 0.1) is 5.82 Å². The fraction of sp³-hybridized carbons (Fsp3) is 0.364. The average Bonchev–Trinajstić information content (AvgIpc) is 2.20. The van der Waals surface area contributed by atoms with Crippen molar-refractivity contribution in [3.8, 4) is 5.75 Å². The molecule has 0 saturated heterocycles. The van der Waals surface area contributed by atoms with Gasteiger partial charge in [-0.2, -0.15) is 0 Å². The molecule has 0 saturated carbocycles. The van der Waals surface area contributed by atoms with E-state index >= 15 is 0 Å². The SMILES string of the molecule is CCc1cc(F)c(O)c(CCC=O)c1. The number of rotatable bonds is 4. The second kappa shape index (κ2) is 4.74. The number of aldehydes is 1. The molecule has 1 rings (SSSR count). The predicted molar refractivity (Wildman–Crippen MR) is 51.8 cm³/mol. The predicted octanol–water partition coefficient (Wildman–Crippen LogP) is 2.23. The van der Waals surface area contributed by atoms with Crippen molar-refractivity contribution in [2.75, 3.05) is 0 Å². The number of benzene rings is 1. The Kier molecular flexibility index (Phi) is 3.63. The van der Waals surface area contributed by atoms with Crippen LogP contribution in [0.1, 0.15) is 24.5 Å². The highest BCUT2D eigenvalue weighted by Crippen LogP contribution is 2.24. The summed E-state index contributed by atoms with van der Waals surface area (Å²) >= 11 is 0. The monoisotopic (exact) mass is 196 g/mol. The van der Waals surface area contributed by atoms with E-state index in [1.165, 1.54) is 6.07 Å². The van der Waals surface area contributed by atoms with Crippen molar-refractivity contribution in [3.05, 3.63) is 29.1 Å². The van der Waals surface area contributed by atoms with E-state index in [9.17, 15) is 14.3 Å². The Morgan fingerprint density at radius 2 is 2.21 bits per heavy atom. The van der Waals surface area contributed by atoms with E-state index in [-0.39, 0.29) is 5.75 Å². The van der Waals surface area contributed by atoms with Gasteiger partial charge in [0.1, 0.15) is 6.29 Å². The minimum absolute atomic E-state index is 0.306. The van der Waals surface area contributed by atoms with Gasteiger partial charge in [0.15, 0.2) is 11.6 Å². The van der Waals surface area contributed by atoms with E-state index in [1.807, 2.05) is 6.92 Å². The van der Waals surface area contributed by atoms with Crippen molar-refractivity contribution < 1.29 is 14.3 Å². The van der Waals surface area contributed by atoms with Crippen molar-refractivity contribution in [1.29, 1.82) is 0 Å². The molecule has 1 aromatic carbocycles. The second-order valence-corrected chi connectivity index (χ2v) is 3.14. The van der Waals surface area contributed by atoms with Gasteiger partial charge in [0, 0.05) is 6.42 Å². The van der Waals surface area contributed by atoms with Gasteiger partial charge >= 0.3 is 0 Å². The molecule has 1 N–H and O–H groups in total. The number of carbonyl (C=O) groups excluding carboxylic acids is 1. The number of halogens is 1. The van der Waals surface area contributed by atoms with Crippen molar-refractivity contribution in [2.45, 2.75) is 26.2 Å². The molecule has 3 heteroatoms. The fourth-order valence-corrected chi connectivity index (χ4v) is 1.33. The molecule has 0 amide bonds. The molecule has 0 heterocycles. The van der Waals surface area contributed by atoms with E-state index < -0.39 is 5.82 Å². The Bertz CT molecular complexity index is 334. The van der Waals surface area contributed by atoms with E-state index in [0.29, 0.717) is 24.8 Å². The highest BCUT2D eigenvalue weighted by atomic mass is 19.1. The van der Waals surface area contributed by atoms with Gasteiger partial charge in [0.05, 0.1) is 0 Å². The first-order valence-electron chi connectivity index (χ1n) is 4.63. The van der Waals surface area contributed by atoms with Crippen LogP contribution in [0.5, 0.6) is 5.75 Å². The first-order valence-corrected chi connectivity index (χ1v) is 4.63. The van der Waals surface area contributed by atoms with Crippen LogP contribution in [-0.4, -0.2) is 11.4 Å². The Morgan fingerprint density at radius 3 is 2.79 bits per heavy atom. The third-order valence-corrected chi connectivity index (χ3v) is 2.14. The Hall–Kier alpha value is -1.38. The summed E-state index contributed by atoms with van der Waals surface area (Å²) in [5.41, 5.74) is 1.34. The first-order chi connectivity index (χ1) is 6.69. The van der Waals surface area contributed by atoms with Crippen LogP contribution in [0.15, 0.2) is 12.1 Å². The number of hydrogen-bond donors (Lipinski definition) is 1. The van der Waals surface area contributed by atoms with Crippen LogP contribution in [0.4, 0.5) is 4.39 Å². The van der Waals surface area contributed by atoms with Gasteiger partial charge in [-0.3, -0.25) is 0 Å². The standard InChI is InChI=1S/C11H13FO2/c1-2-8-6-9(4-3-5-13)11(14)10(12)7-8/h5-7,14H,2-4H2,1H3. The molecular formula is C11H13FO2. The van der Waals surface area contributed by atoms with Gasteiger partial charge < -0.3 is 9.90 Å². The molecule has 0 unspecified atom stereocenters. The van der Waals surface area contributed by atoms with Crippen molar-refractivity contribution in [1.82, 2.24) is 0 Å². The van der Waals surface area contributed by atoms with Gasteiger partial charge in [-0.25, -0.2) is 4.39 Å². The Morgan fingerprint density at radius 1 is 1.50 bits per heavy atom. The molecule has 0 bridgehead atoms. The lowest BCUT2D eigenvalue weighted by Gasteiger charge is -2.06.